The van der Waals surface area contributed by atoms with Crippen LogP contribution in [0.3, 0.4) is 0 Å². The third kappa shape index (κ3) is 7.47. The first-order chi connectivity index (χ1) is 15.0. The Morgan fingerprint density at radius 2 is 1.53 bits per heavy atom. The van der Waals surface area contributed by atoms with Crippen LogP contribution >= 0.6 is 0 Å². The Balaban J connectivity index is 2.13. The molecule has 0 saturated carbocycles. The summed E-state index contributed by atoms with van der Waals surface area (Å²) in [6.07, 6.45) is 1.72. The van der Waals surface area contributed by atoms with E-state index in [1.807, 2.05) is 13.8 Å². The van der Waals surface area contributed by atoms with Gasteiger partial charge in [0.15, 0.2) is 0 Å². The summed E-state index contributed by atoms with van der Waals surface area (Å²) in [5, 5.41) is 2.96. The SMILES string of the molecule is CC[C@@H](C)NC(=O)[C@@H](C)N(Cc1ccc(F)cc1)C(=O)CCc1ccc(C(C)(C)C)cc1. The second kappa shape index (κ2) is 11.3. The number of hydrogen-bond acceptors (Lipinski definition) is 2. The van der Waals surface area contributed by atoms with Crippen LogP contribution in [-0.4, -0.2) is 28.8 Å². The van der Waals surface area contributed by atoms with Gasteiger partial charge in [0.1, 0.15) is 11.9 Å². The fourth-order valence-corrected chi connectivity index (χ4v) is 3.40. The summed E-state index contributed by atoms with van der Waals surface area (Å²) in [4.78, 5) is 27.5. The molecule has 0 aliphatic heterocycles. The highest BCUT2D eigenvalue weighted by molar-refractivity contribution is 5.87. The highest BCUT2D eigenvalue weighted by Gasteiger charge is 2.26. The zero-order valence-electron chi connectivity index (χ0n) is 20.2. The van der Waals surface area contributed by atoms with Crippen LogP contribution in [0.25, 0.3) is 0 Å². The monoisotopic (exact) mass is 440 g/mol. The van der Waals surface area contributed by atoms with E-state index in [-0.39, 0.29) is 35.6 Å². The van der Waals surface area contributed by atoms with Crippen molar-refractivity contribution in [1.29, 1.82) is 0 Å². The van der Waals surface area contributed by atoms with Crippen molar-refractivity contribution in [2.24, 2.45) is 0 Å². The third-order valence-electron chi connectivity index (χ3n) is 5.88. The molecule has 0 spiro atoms. The van der Waals surface area contributed by atoms with E-state index in [0.717, 1.165) is 17.5 Å². The van der Waals surface area contributed by atoms with E-state index < -0.39 is 6.04 Å². The fraction of sp³-hybridized carbons (Fsp3) is 0.481. The number of aryl methyl sites for hydroxylation is 1. The summed E-state index contributed by atoms with van der Waals surface area (Å²) < 4.78 is 13.3. The number of carbonyl (C=O) groups excluding carboxylic acids is 2. The van der Waals surface area contributed by atoms with Gasteiger partial charge in [-0.3, -0.25) is 9.59 Å². The molecule has 2 rings (SSSR count). The molecule has 0 heterocycles. The van der Waals surface area contributed by atoms with E-state index in [1.54, 1.807) is 24.0 Å². The van der Waals surface area contributed by atoms with E-state index in [4.69, 9.17) is 0 Å². The molecule has 0 aliphatic carbocycles. The van der Waals surface area contributed by atoms with Crippen LogP contribution in [0.1, 0.15) is 71.1 Å². The van der Waals surface area contributed by atoms with Gasteiger partial charge in [-0.05, 0) is 60.9 Å². The third-order valence-corrected chi connectivity index (χ3v) is 5.88. The van der Waals surface area contributed by atoms with Gasteiger partial charge in [-0.25, -0.2) is 4.39 Å². The Hall–Kier alpha value is -2.69. The molecule has 0 saturated heterocycles. The van der Waals surface area contributed by atoms with Gasteiger partial charge in [-0.2, -0.15) is 0 Å². The number of benzene rings is 2. The Morgan fingerprint density at radius 3 is 2.06 bits per heavy atom. The largest absolute Gasteiger partial charge is 0.352 e. The zero-order valence-corrected chi connectivity index (χ0v) is 20.2. The van der Waals surface area contributed by atoms with Crippen LogP contribution in [0, 0.1) is 5.82 Å². The van der Waals surface area contributed by atoms with Crippen LogP contribution in [-0.2, 0) is 28.0 Å². The minimum absolute atomic E-state index is 0.0362. The molecule has 32 heavy (non-hydrogen) atoms. The molecular formula is C27H37FN2O2. The van der Waals surface area contributed by atoms with Gasteiger partial charge >= 0.3 is 0 Å². The van der Waals surface area contributed by atoms with Gasteiger partial charge in [0.25, 0.3) is 0 Å². The molecule has 2 aromatic carbocycles. The summed E-state index contributed by atoms with van der Waals surface area (Å²) in [5.41, 5.74) is 3.21. The predicted octanol–water partition coefficient (Wildman–Crippen LogP) is 5.39. The minimum Gasteiger partial charge on any atom is -0.352 e. The second-order valence-electron chi connectivity index (χ2n) is 9.59. The molecule has 5 heteroatoms. The molecule has 0 aliphatic rings. The molecule has 0 aromatic heterocycles. The first-order valence-electron chi connectivity index (χ1n) is 11.4. The van der Waals surface area contributed by atoms with Crippen LogP contribution < -0.4 is 5.32 Å². The summed E-state index contributed by atoms with van der Waals surface area (Å²) in [6.45, 7) is 12.5. The molecular weight excluding hydrogens is 403 g/mol. The Morgan fingerprint density at radius 1 is 0.969 bits per heavy atom. The summed E-state index contributed by atoms with van der Waals surface area (Å²) in [5.74, 6) is -0.599. The van der Waals surface area contributed by atoms with Crippen molar-refractivity contribution in [2.45, 2.75) is 84.8 Å². The zero-order chi connectivity index (χ0) is 23.9. The smallest absolute Gasteiger partial charge is 0.242 e. The van der Waals surface area contributed by atoms with E-state index in [9.17, 15) is 14.0 Å². The Kier molecular flexibility index (Phi) is 8.99. The molecule has 174 valence electrons. The maximum Gasteiger partial charge on any atom is 0.242 e. The lowest BCUT2D eigenvalue weighted by Gasteiger charge is -2.30. The highest BCUT2D eigenvalue weighted by Crippen LogP contribution is 2.22. The van der Waals surface area contributed by atoms with Gasteiger partial charge in [-0.1, -0.05) is 64.1 Å². The van der Waals surface area contributed by atoms with Crippen LogP contribution in [0.2, 0.25) is 0 Å². The number of rotatable bonds is 9. The number of hydrogen-bond donors (Lipinski definition) is 1. The highest BCUT2D eigenvalue weighted by atomic mass is 19.1. The number of carbonyl (C=O) groups is 2. The number of nitrogens with zero attached hydrogens (tertiary/aromatic N) is 1. The summed E-state index contributed by atoms with van der Waals surface area (Å²) in [7, 11) is 0. The average molecular weight is 441 g/mol. The van der Waals surface area contributed by atoms with Gasteiger partial charge in [0.05, 0.1) is 0 Å². The molecule has 0 unspecified atom stereocenters. The Labute approximate surface area is 192 Å². The molecule has 0 fully saturated rings. The van der Waals surface area contributed by atoms with Gasteiger partial charge in [0.2, 0.25) is 11.8 Å². The van der Waals surface area contributed by atoms with Crippen molar-refractivity contribution in [2.75, 3.05) is 0 Å². The maximum absolute atomic E-state index is 13.3. The van der Waals surface area contributed by atoms with Crippen molar-refractivity contribution in [3.8, 4) is 0 Å². The van der Waals surface area contributed by atoms with E-state index in [0.29, 0.717) is 12.8 Å². The van der Waals surface area contributed by atoms with Gasteiger partial charge in [-0.15, -0.1) is 0 Å². The molecule has 4 nitrogen and oxygen atoms in total. The number of nitrogens with one attached hydrogen (secondary N) is 1. The number of halogens is 1. The molecule has 2 amide bonds. The van der Waals surface area contributed by atoms with Crippen molar-refractivity contribution < 1.29 is 14.0 Å². The lowest BCUT2D eigenvalue weighted by Crippen LogP contribution is -2.49. The molecule has 0 bridgehead atoms. The van der Waals surface area contributed by atoms with Gasteiger partial charge < -0.3 is 10.2 Å². The van der Waals surface area contributed by atoms with Crippen LogP contribution in [0.4, 0.5) is 4.39 Å². The van der Waals surface area contributed by atoms with Gasteiger partial charge in [0, 0.05) is 19.0 Å². The normalized spacial score (nSPS) is 13.3. The van der Waals surface area contributed by atoms with Crippen molar-refractivity contribution >= 4 is 11.8 Å². The van der Waals surface area contributed by atoms with E-state index in [2.05, 4.69) is 50.4 Å². The van der Waals surface area contributed by atoms with Crippen molar-refractivity contribution in [3.63, 3.8) is 0 Å². The second-order valence-corrected chi connectivity index (χ2v) is 9.59. The first-order valence-corrected chi connectivity index (χ1v) is 11.4. The summed E-state index contributed by atoms with van der Waals surface area (Å²) >= 11 is 0. The molecule has 2 aromatic rings. The predicted molar refractivity (Wildman–Crippen MR) is 128 cm³/mol. The van der Waals surface area contributed by atoms with Crippen molar-refractivity contribution in [3.05, 3.63) is 71.0 Å². The lowest BCUT2D eigenvalue weighted by atomic mass is 9.86. The van der Waals surface area contributed by atoms with E-state index >= 15 is 0 Å². The summed E-state index contributed by atoms with van der Waals surface area (Å²) in [6, 6.07) is 13.8. The van der Waals surface area contributed by atoms with Crippen LogP contribution in [0.5, 0.6) is 0 Å². The molecule has 1 N–H and O–H groups in total. The Bertz CT molecular complexity index is 885. The maximum atomic E-state index is 13.3. The topological polar surface area (TPSA) is 49.4 Å². The van der Waals surface area contributed by atoms with Crippen LogP contribution in [0.15, 0.2) is 48.5 Å². The quantitative estimate of drug-likeness (QED) is 0.568. The molecule has 2 atom stereocenters. The number of amides is 2. The fourth-order valence-electron chi connectivity index (χ4n) is 3.40. The lowest BCUT2D eigenvalue weighted by molar-refractivity contribution is -0.140. The molecule has 0 radical (unpaired) electrons. The standard InChI is InChI=1S/C27H37FN2O2/c1-7-19(2)29-26(32)20(3)30(18-22-10-15-24(28)16-11-22)25(31)17-12-21-8-13-23(14-9-21)27(4,5)6/h8-11,13-16,19-20H,7,12,17-18H2,1-6H3,(H,29,32)/t19-,20-/m1/s1. The minimum atomic E-state index is -0.621. The average Bonchev–Trinajstić information content (AvgIpc) is 2.76. The van der Waals surface area contributed by atoms with Crippen molar-refractivity contribution in [1.82, 2.24) is 10.2 Å². The first kappa shape index (κ1) is 25.6. The van der Waals surface area contributed by atoms with E-state index in [1.165, 1.54) is 17.7 Å².